The zero-order valence-corrected chi connectivity index (χ0v) is 11.7. The maximum absolute atomic E-state index is 11.5. The van der Waals surface area contributed by atoms with Gasteiger partial charge in [0.1, 0.15) is 21.2 Å². The summed E-state index contributed by atoms with van der Waals surface area (Å²) >= 11 is 0. The van der Waals surface area contributed by atoms with Crippen molar-refractivity contribution in [3.8, 4) is 5.75 Å². The molecule has 1 rings (SSSR count). The molecule has 1 aromatic rings. The number of esters is 1. The molecule has 0 unspecified atom stereocenters. The van der Waals surface area contributed by atoms with E-state index >= 15 is 0 Å². The molecule has 0 aliphatic heterocycles. The minimum absolute atomic E-state index is 0.0306. The molecule has 0 amide bonds. The van der Waals surface area contributed by atoms with Crippen LogP contribution in [0.5, 0.6) is 5.75 Å². The lowest BCUT2D eigenvalue weighted by atomic mass is 10.2. The molecule has 19 heavy (non-hydrogen) atoms. The van der Waals surface area contributed by atoms with E-state index in [1.807, 2.05) is 0 Å². The van der Waals surface area contributed by atoms with Crippen LogP contribution in [0.3, 0.4) is 0 Å². The molecule has 0 saturated heterocycles. The summed E-state index contributed by atoms with van der Waals surface area (Å²) in [4.78, 5) is 11.5. The van der Waals surface area contributed by atoms with E-state index in [0.717, 1.165) is 6.26 Å². The van der Waals surface area contributed by atoms with E-state index < -0.39 is 15.8 Å². The van der Waals surface area contributed by atoms with E-state index in [1.165, 1.54) is 19.2 Å². The summed E-state index contributed by atoms with van der Waals surface area (Å²) < 4.78 is 31.9. The van der Waals surface area contributed by atoms with Crippen molar-refractivity contribution in [3.63, 3.8) is 0 Å². The predicted octanol–water partition coefficient (Wildman–Crippen LogP) is 0.869. The van der Waals surface area contributed by atoms with Crippen LogP contribution in [0.2, 0.25) is 0 Å². The van der Waals surface area contributed by atoms with E-state index in [-0.39, 0.29) is 17.9 Å². The number of rotatable bonds is 6. The Morgan fingerprint density at radius 2 is 2.05 bits per heavy atom. The van der Waals surface area contributed by atoms with Gasteiger partial charge in [-0.2, -0.15) is 0 Å². The number of carbonyl (C=O) groups excluding carboxylic acids is 1. The van der Waals surface area contributed by atoms with Gasteiger partial charge in [0.2, 0.25) is 0 Å². The molecule has 1 aromatic carbocycles. The van der Waals surface area contributed by atoms with Crippen LogP contribution in [0.1, 0.15) is 16.8 Å². The Hall–Kier alpha value is -1.76. The smallest absolute Gasteiger partial charge is 0.341 e. The first-order chi connectivity index (χ1) is 8.83. The molecule has 7 heteroatoms. The van der Waals surface area contributed by atoms with Crippen LogP contribution in [-0.4, -0.2) is 40.1 Å². The first-order valence-corrected chi connectivity index (χ1v) is 7.68. The number of benzene rings is 1. The number of nitrogen functional groups attached to an aromatic ring is 1. The summed E-state index contributed by atoms with van der Waals surface area (Å²) in [5, 5.41) is 0. The molecular formula is C12H17NO5S. The molecule has 0 radical (unpaired) electrons. The van der Waals surface area contributed by atoms with Crippen LogP contribution in [0, 0.1) is 0 Å². The molecule has 0 aliphatic carbocycles. The second-order valence-electron chi connectivity index (χ2n) is 4.08. The minimum Gasteiger partial charge on any atom is -0.493 e. The third-order valence-electron chi connectivity index (χ3n) is 2.33. The average molecular weight is 287 g/mol. The van der Waals surface area contributed by atoms with Crippen molar-refractivity contribution in [2.75, 3.05) is 31.5 Å². The first kappa shape index (κ1) is 15.3. The van der Waals surface area contributed by atoms with Gasteiger partial charge in [0.15, 0.2) is 0 Å². The third kappa shape index (κ3) is 5.17. The summed E-state index contributed by atoms with van der Waals surface area (Å²) in [6.07, 6.45) is 1.50. The second kappa shape index (κ2) is 6.42. The Bertz CT molecular complexity index is 553. The van der Waals surface area contributed by atoms with E-state index in [2.05, 4.69) is 4.74 Å². The zero-order valence-electron chi connectivity index (χ0n) is 10.9. The molecule has 6 nitrogen and oxygen atoms in total. The van der Waals surface area contributed by atoms with Gasteiger partial charge in [-0.1, -0.05) is 0 Å². The predicted molar refractivity (Wildman–Crippen MR) is 72.0 cm³/mol. The molecule has 0 heterocycles. The lowest BCUT2D eigenvalue weighted by molar-refractivity contribution is 0.0596. The largest absolute Gasteiger partial charge is 0.493 e. The van der Waals surface area contributed by atoms with Crippen molar-refractivity contribution >= 4 is 21.5 Å². The van der Waals surface area contributed by atoms with E-state index in [9.17, 15) is 13.2 Å². The van der Waals surface area contributed by atoms with Crippen molar-refractivity contribution < 1.29 is 22.7 Å². The van der Waals surface area contributed by atoms with Crippen LogP contribution in [0.15, 0.2) is 18.2 Å². The van der Waals surface area contributed by atoms with Crippen molar-refractivity contribution in [1.82, 2.24) is 0 Å². The molecule has 0 fully saturated rings. The molecule has 0 saturated carbocycles. The first-order valence-electron chi connectivity index (χ1n) is 5.62. The summed E-state index contributed by atoms with van der Waals surface area (Å²) in [5.41, 5.74) is 6.32. The van der Waals surface area contributed by atoms with Gasteiger partial charge in [-0.3, -0.25) is 0 Å². The molecule has 0 bridgehead atoms. The highest BCUT2D eigenvalue weighted by Gasteiger charge is 2.13. The summed E-state index contributed by atoms with van der Waals surface area (Å²) in [6, 6.07) is 4.58. The number of nitrogens with two attached hydrogens (primary N) is 1. The summed E-state index contributed by atoms with van der Waals surface area (Å²) in [6.45, 7) is 0.181. The van der Waals surface area contributed by atoms with Crippen molar-refractivity contribution in [1.29, 1.82) is 0 Å². The van der Waals surface area contributed by atoms with Crippen LogP contribution in [0.25, 0.3) is 0 Å². The number of hydrogen-bond acceptors (Lipinski definition) is 6. The van der Waals surface area contributed by atoms with Crippen LogP contribution in [0.4, 0.5) is 5.69 Å². The molecule has 2 N–H and O–H groups in total. The van der Waals surface area contributed by atoms with E-state index in [0.29, 0.717) is 17.9 Å². The molecule has 0 aliphatic rings. The van der Waals surface area contributed by atoms with Crippen LogP contribution in [-0.2, 0) is 14.6 Å². The van der Waals surface area contributed by atoms with Gasteiger partial charge in [0.05, 0.1) is 19.5 Å². The van der Waals surface area contributed by atoms with Gasteiger partial charge in [-0.15, -0.1) is 0 Å². The number of anilines is 1. The van der Waals surface area contributed by atoms with E-state index in [4.69, 9.17) is 10.5 Å². The Balaban J connectivity index is 2.71. The lowest BCUT2D eigenvalue weighted by Gasteiger charge is -2.10. The Morgan fingerprint density at radius 1 is 1.37 bits per heavy atom. The van der Waals surface area contributed by atoms with Gasteiger partial charge in [0, 0.05) is 18.0 Å². The van der Waals surface area contributed by atoms with Crippen molar-refractivity contribution in [2.45, 2.75) is 6.42 Å². The Labute approximate surface area is 112 Å². The molecule has 0 spiro atoms. The molecular weight excluding hydrogens is 270 g/mol. The fourth-order valence-electron chi connectivity index (χ4n) is 1.44. The molecule has 106 valence electrons. The second-order valence-corrected chi connectivity index (χ2v) is 6.34. The SMILES string of the molecule is COC(=O)c1ccc(N)cc1OCCCS(C)(=O)=O. The topological polar surface area (TPSA) is 95.7 Å². The van der Waals surface area contributed by atoms with Gasteiger partial charge in [-0.25, -0.2) is 13.2 Å². The standard InChI is InChI=1S/C12H17NO5S/c1-17-12(14)10-5-4-9(13)8-11(10)18-6-3-7-19(2,15)16/h4-5,8H,3,6-7,13H2,1-2H3. The number of methoxy groups -OCH3 is 1. The van der Waals surface area contributed by atoms with E-state index in [1.54, 1.807) is 6.07 Å². The van der Waals surface area contributed by atoms with Gasteiger partial charge in [-0.05, 0) is 18.6 Å². The monoisotopic (exact) mass is 287 g/mol. The van der Waals surface area contributed by atoms with Crippen molar-refractivity contribution in [3.05, 3.63) is 23.8 Å². The zero-order chi connectivity index (χ0) is 14.5. The summed E-state index contributed by atoms with van der Waals surface area (Å²) in [7, 11) is -1.74. The molecule has 0 aromatic heterocycles. The normalized spacial score (nSPS) is 11.1. The van der Waals surface area contributed by atoms with Crippen LogP contribution < -0.4 is 10.5 Å². The highest BCUT2D eigenvalue weighted by Crippen LogP contribution is 2.22. The quantitative estimate of drug-likeness (QED) is 0.474. The Kier molecular flexibility index (Phi) is 5.17. The fraction of sp³-hybridized carbons (Fsp3) is 0.417. The number of hydrogen-bond donors (Lipinski definition) is 1. The average Bonchev–Trinajstić information content (AvgIpc) is 2.33. The number of sulfone groups is 1. The van der Waals surface area contributed by atoms with Gasteiger partial charge < -0.3 is 15.2 Å². The van der Waals surface area contributed by atoms with Crippen LogP contribution >= 0.6 is 0 Å². The maximum Gasteiger partial charge on any atom is 0.341 e. The van der Waals surface area contributed by atoms with Gasteiger partial charge in [0.25, 0.3) is 0 Å². The number of carbonyl (C=O) groups is 1. The van der Waals surface area contributed by atoms with Gasteiger partial charge >= 0.3 is 5.97 Å². The highest BCUT2D eigenvalue weighted by atomic mass is 32.2. The van der Waals surface area contributed by atoms with Crippen molar-refractivity contribution in [2.24, 2.45) is 0 Å². The fourth-order valence-corrected chi connectivity index (χ4v) is 2.08. The maximum atomic E-state index is 11.5. The highest BCUT2D eigenvalue weighted by molar-refractivity contribution is 7.90. The minimum atomic E-state index is -3.01. The third-order valence-corrected chi connectivity index (χ3v) is 3.36. The number of ether oxygens (including phenoxy) is 2. The Morgan fingerprint density at radius 3 is 2.63 bits per heavy atom. The molecule has 0 atom stereocenters. The summed E-state index contributed by atoms with van der Waals surface area (Å²) in [5.74, 6) is -0.207. The lowest BCUT2D eigenvalue weighted by Crippen LogP contribution is -2.10.